The number of rotatable bonds is 4. The molecule has 3 rings (SSSR count). The van der Waals surface area contributed by atoms with Crippen LogP contribution in [0.2, 0.25) is 0 Å². The monoisotopic (exact) mass is 341 g/mol. The van der Waals surface area contributed by atoms with Crippen molar-refractivity contribution in [2.45, 2.75) is 33.1 Å². The molecule has 0 saturated carbocycles. The van der Waals surface area contributed by atoms with Gasteiger partial charge in [-0.1, -0.05) is 25.1 Å². The minimum atomic E-state index is 0.155. The summed E-state index contributed by atoms with van der Waals surface area (Å²) in [5, 5.41) is 1.16. The second-order valence-corrected chi connectivity index (χ2v) is 6.83. The zero-order chi connectivity index (χ0) is 18.0. The molecular weight excluding hydrogens is 314 g/mol. The van der Waals surface area contributed by atoms with Crippen molar-refractivity contribution in [2.75, 3.05) is 26.2 Å². The maximum atomic E-state index is 12.8. The van der Waals surface area contributed by atoms with E-state index < -0.39 is 0 Å². The zero-order valence-corrected chi connectivity index (χ0v) is 15.4. The fourth-order valence-electron chi connectivity index (χ4n) is 3.66. The van der Waals surface area contributed by atoms with Crippen LogP contribution >= 0.6 is 0 Å². The van der Waals surface area contributed by atoms with Gasteiger partial charge in [0, 0.05) is 56.2 Å². The molecule has 0 bridgehead atoms. The number of aromatic nitrogens is 1. The highest BCUT2D eigenvalue weighted by Gasteiger charge is 2.25. The van der Waals surface area contributed by atoms with Crippen LogP contribution in [0.3, 0.4) is 0 Å². The van der Waals surface area contributed by atoms with Crippen LogP contribution in [-0.2, 0) is 23.1 Å². The van der Waals surface area contributed by atoms with Gasteiger partial charge in [-0.2, -0.15) is 0 Å². The van der Waals surface area contributed by atoms with Crippen LogP contribution in [0.5, 0.6) is 0 Å². The molecule has 0 N–H and O–H groups in total. The molecule has 134 valence electrons. The zero-order valence-electron chi connectivity index (χ0n) is 15.4. The summed E-state index contributed by atoms with van der Waals surface area (Å²) in [4.78, 5) is 28.6. The lowest BCUT2D eigenvalue weighted by Crippen LogP contribution is -2.50. The molecule has 2 heterocycles. The van der Waals surface area contributed by atoms with Gasteiger partial charge < -0.3 is 14.4 Å². The number of amides is 2. The van der Waals surface area contributed by atoms with Crippen LogP contribution in [0.4, 0.5) is 0 Å². The van der Waals surface area contributed by atoms with Crippen LogP contribution in [-0.4, -0.2) is 52.4 Å². The Morgan fingerprint density at radius 2 is 1.60 bits per heavy atom. The summed E-state index contributed by atoms with van der Waals surface area (Å²) in [5.74, 6) is 0.363. The van der Waals surface area contributed by atoms with Gasteiger partial charge in [-0.05, 0) is 25.0 Å². The number of piperazine rings is 1. The van der Waals surface area contributed by atoms with Gasteiger partial charge in [0.25, 0.3) is 0 Å². The van der Waals surface area contributed by atoms with E-state index in [-0.39, 0.29) is 11.8 Å². The highest BCUT2D eigenvalue weighted by Crippen LogP contribution is 2.25. The molecular formula is C20H27N3O2. The van der Waals surface area contributed by atoms with Gasteiger partial charge in [-0.25, -0.2) is 0 Å². The predicted octanol–water partition coefficient (Wildman–Crippen LogP) is 2.50. The van der Waals surface area contributed by atoms with E-state index >= 15 is 0 Å². The maximum absolute atomic E-state index is 12.8. The number of nitrogens with zero attached hydrogens (tertiary/aromatic N) is 3. The van der Waals surface area contributed by atoms with Crippen molar-refractivity contribution in [2.24, 2.45) is 7.05 Å². The van der Waals surface area contributed by atoms with Gasteiger partial charge >= 0.3 is 0 Å². The lowest BCUT2D eigenvalue weighted by molar-refractivity contribution is -0.139. The van der Waals surface area contributed by atoms with Gasteiger partial charge in [0.2, 0.25) is 11.8 Å². The molecule has 1 saturated heterocycles. The Kier molecular flexibility index (Phi) is 5.11. The van der Waals surface area contributed by atoms with Crippen LogP contribution in [0.1, 0.15) is 31.0 Å². The molecule has 1 fully saturated rings. The van der Waals surface area contributed by atoms with Gasteiger partial charge in [0.15, 0.2) is 0 Å². The number of carbonyl (C=O) groups excluding carboxylic acids is 2. The number of hydrogen-bond acceptors (Lipinski definition) is 2. The lowest BCUT2D eigenvalue weighted by Gasteiger charge is -2.35. The summed E-state index contributed by atoms with van der Waals surface area (Å²) in [7, 11) is 2.05. The SMILES string of the molecule is CCCC(=O)N1CCN(C(=O)Cc2c(C)n(C)c3ccccc23)CC1. The topological polar surface area (TPSA) is 45.6 Å². The van der Waals surface area contributed by atoms with E-state index in [0.29, 0.717) is 39.0 Å². The first kappa shape index (κ1) is 17.5. The Morgan fingerprint density at radius 1 is 1.00 bits per heavy atom. The van der Waals surface area contributed by atoms with Crippen molar-refractivity contribution in [1.29, 1.82) is 0 Å². The second kappa shape index (κ2) is 7.30. The number of carbonyl (C=O) groups is 2. The Morgan fingerprint density at radius 3 is 2.24 bits per heavy atom. The molecule has 0 spiro atoms. The Bertz CT molecular complexity index is 786. The molecule has 1 aromatic heterocycles. The lowest BCUT2D eigenvalue weighted by atomic mass is 10.1. The van der Waals surface area contributed by atoms with Gasteiger partial charge in [-0.3, -0.25) is 9.59 Å². The third-order valence-corrected chi connectivity index (χ3v) is 5.31. The van der Waals surface area contributed by atoms with Crippen molar-refractivity contribution in [1.82, 2.24) is 14.4 Å². The molecule has 2 aromatic rings. The number of fused-ring (bicyclic) bond motifs is 1. The minimum absolute atomic E-state index is 0.155. The fraction of sp³-hybridized carbons (Fsp3) is 0.500. The van der Waals surface area contributed by atoms with Gasteiger partial charge in [0.1, 0.15) is 0 Å². The Balaban J connectivity index is 1.68. The third-order valence-electron chi connectivity index (χ3n) is 5.31. The standard InChI is InChI=1S/C20H27N3O2/c1-4-7-19(24)22-10-12-23(13-11-22)20(25)14-17-15(2)21(3)18-9-6-5-8-16(17)18/h5-6,8-9H,4,7,10-14H2,1-3H3. The minimum Gasteiger partial charge on any atom is -0.348 e. The number of benzene rings is 1. The van der Waals surface area contributed by atoms with Crippen molar-refractivity contribution >= 4 is 22.7 Å². The average Bonchev–Trinajstić information content (AvgIpc) is 2.87. The summed E-state index contributed by atoms with van der Waals surface area (Å²) in [6.45, 7) is 6.67. The average molecular weight is 341 g/mol. The van der Waals surface area contributed by atoms with Crippen molar-refractivity contribution in [3.05, 3.63) is 35.5 Å². The molecule has 2 amide bonds. The summed E-state index contributed by atoms with van der Waals surface area (Å²) >= 11 is 0. The summed E-state index contributed by atoms with van der Waals surface area (Å²) in [5.41, 5.74) is 3.43. The van der Waals surface area contributed by atoms with Crippen LogP contribution in [0.15, 0.2) is 24.3 Å². The highest BCUT2D eigenvalue weighted by molar-refractivity contribution is 5.90. The van der Waals surface area contributed by atoms with Gasteiger partial charge in [-0.15, -0.1) is 0 Å². The maximum Gasteiger partial charge on any atom is 0.227 e. The van der Waals surface area contributed by atoms with E-state index in [1.807, 2.05) is 35.9 Å². The first-order valence-electron chi connectivity index (χ1n) is 9.11. The first-order valence-corrected chi connectivity index (χ1v) is 9.11. The highest BCUT2D eigenvalue weighted by atomic mass is 16.2. The van der Waals surface area contributed by atoms with Gasteiger partial charge in [0.05, 0.1) is 6.42 Å². The van der Waals surface area contributed by atoms with Crippen LogP contribution in [0.25, 0.3) is 10.9 Å². The largest absolute Gasteiger partial charge is 0.348 e. The number of hydrogen-bond donors (Lipinski definition) is 0. The molecule has 0 atom stereocenters. The molecule has 0 unspecified atom stereocenters. The summed E-state index contributed by atoms with van der Waals surface area (Å²) < 4.78 is 2.15. The molecule has 25 heavy (non-hydrogen) atoms. The van der Waals surface area contributed by atoms with E-state index in [4.69, 9.17) is 0 Å². The third kappa shape index (κ3) is 3.41. The van der Waals surface area contributed by atoms with E-state index in [1.54, 1.807) is 0 Å². The summed E-state index contributed by atoms with van der Waals surface area (Å²) in [6, 6.07) is 8.23. The van der Waals surface area contributed by atoms with E-state index in [2.05, 4.69) is 23.6 Å². The van der Waals surface area contributed by atoms with Crippen LogP contribution < -0.4 is 0 Å². The van der Waals surface area contributed by atoms with Crippen LogP contribution in [0, 0.1) is 6.92 Å². The smallest absolute Gasteiger partial charge is 0.227 e. The number of para-hydroxylation sites is 1. The van der Waals surface area contributed by atoms with Crippen molar-refractivity contribution < 1.29 is 9.59 Å². The summed E-state index contributed by atoms with van der Waals surface area (Å²) in [6.07, 6.45) is 1.90. The number of aryl methyl sites for hydroxylation is 1. The fourth-order valence-corrected chi connectivity index (χ4v) is 3.66. The predicted molar refractivity (Wildman–Crippen MR) is 99.4 cm³/mol. The van der Waals surface area contributed by atoms with Crippen molar-refractivity contribution in [3.8, 4) is 0 Å². The Labute approximate surface area is 149 Å². The molecule has 1 aliphatic heterocycles. The van der Waals surface area contributed by atoms with E-state index in [9.17, 15) is 9.59 Å². The molecule has 0 aliphatic carbocycles. The quantitative estimate of drug-likeness (QED) is 0.858. The van der Waals surface area contributed by atoms with E-state index in [1.165, 1.54) is 0 Å². The molecule has 0 radical (unpaired) electrons. The molecule has 1 aliphatic rings. The molecule has 5 nitrogen and oxygen atoms in total. The normalized spacial score (nSPS) is 15.0. The first-order chi connectivity index (χ1) is 12.0. The van der Waals surface area contributed by atoms with Crippen molar-refractivity contribution in [3.63, 3.8) is 0 Å². The molecule has 5 heteroatoms. The Hall–Kier alpha value is -2.30. The second-order valence-electron chi connectivity index (χ2n) is 6.83. The molecule has 1 aromatic carbocycles. The van der Waals surface area contributed by atoms with E-state index in [0.717, 1.165) is 28.6 Å².